The number of carbonyl (C=O) groups is 1. The highest BCUT2D eigenvalue weighted by atomic mass is 79.9. The summed E-state index contributed by atoms with van der Waals surface area (Å²) < 4.78 is 0.982. The number of anilines is 1. The lowest BCUT2D eigenvalue weighted by Crippen LogP contribution is -2.53. The summed E-state index contributed by atoms with van der Waals surface area (Å²) >= 11 is 3.41. The quantitative estimate of drug-likeness (QED) is 0.862. The molecule has 1 aliphatic heterocycles. The van der Waals surface area contributed by atoms with Crippen LogP contribution in [0.5, 0.6) is 0 Å². The fourth-order valence-corrected chi connectivity index (χ4v) is 2.34. The Morgan fingerprint density at radius 3 is 2.94 bits per heavy atom. The Kier molecular flexibility index (Phi) is 3.51. The molecule has 0 aliphatic carbocycles. The smallest absolute Gasteiger partial charge is 0.407 e. The van der Waals surface area contributed by atoms with Crippen LogP contribution in [0.1, 0.15) is 6.92 Å². The van der Waals surface area contributed by atoms with E-state index >= 15 is 0 Å². The zero-order chi connectivity index (χ0) is 12.4. The summed E-state index contributed by atoms with van der Waals surface area (Å²) in [6, 6.07) is 3.81. The molecule has 1 fully saturated rings. The second-order valence-electron chi connectivity index (χ2n) is 4.10. The van der Waals surface area contributed by atoms with Gasteiger partial charge >= 0.3 is 6.09 Å². The van der Waals surface area contributed by atoms with Crippen LogP contribution in [0.3, 0.4) is 0 Å². The maximum Gasteiger partial charge on any atom is 0.407 e. The summed E-state index contributed by atoms with van der Waals surface area (Å²) in [5, 5.41) is 8.99. The first-order valence-electron chi connectivity index (χ1n) is 5.44. The molecule has 1 amide bonds. The van der Waals surface area contributed by atoms with E-state index in [1.807, 2.05) is 19.1 Å². The van der Waals surface area contributed by atoms with E-state index in [0.29, 0.717) is 19.6 Å². The van der Waals surface area contributed by atoms with E-state index in [9.17, 15) is 4.79 Å². The van der Waals surface area contributed by atoms with E-state index in [1.54, 1.807) is 6.20 Å². The van der Waals surface area contributed by atoms with Crippen molar-refractivity contribution in [2.75, 3.05) is 24.5 Å². The van der Waals surface area contributed by atoms with Crippen LogP contribution >= 0.6 is 15.9 Å². The molecule has 2 rings (SSSR count). The van der Waals surface area contributed by atoms with Crippen molar-refractivity contribution in [3.8, 4) is 0 Å². The van der Waals surface area contributed by atoms with E-state index in [1.165, 1.54) is 4.90 Å². The molecule has 1 N–H and O–H groups in total. The highest BCUT2D eigenvalue weighted by molar-refractivity contribution is 9.10. The van der Waals surface area contributed by atoms with Crippen LogP contribution < -0.4 is 4.90 Å². The first-order chi connectivity index (χ1) is 8.08. The zero-order valence-corrected chi connectivity index (χ0v) is 11.1. The number of hydrogen-bond donors (Lipinski definition) is 1. The molecule has 0 bridgehead atoms. The van der Waals surface area contributed by atoms with E-state index in [4.69, 9.17) is 5.11 Å². The van der Waals surface area contributed by atoms with E-state index < -0.39 is 6.09 Å². The predicted molar refractivity (Wildman–Crippen MR) is 68.3 cm³/mol. The van der Waals surface area contributed by atoms with Crippen molar-refractivity contribution in [3.05, 3.63) is 22.8 Å². The van der Waals surface area contributed by atoms with Gasteiger partial charge in [0, 0.05) is 36.3 Å². The van der Waals surface area contributed by atoms with Gasteiger partial charge < -0.3 is 14.9 Å². The Balaban J connectivity index is 2.09. The Morgan fingerprint density at radius 1 is 1.59 bits per heavy atom. The lowest BCUT2D eigenvalue weighted by Gasteiger charge is -2.38. The van der Waals surface area contributed by atoms with Crippen LogP contribution in [-0.4, -0.2) is 46.8 Å². The largest absolute Gasteiger partial charge is 0.465 e. The van der Waals surface area contributed by atoms with Crippen LogP contribution in [0, 0.1) is 0 Å². The average molecular weight is 300 g/mol. The monoisotopic (exact) mass is 299 g/mol. The number of nitrogens with zero attached hydrogens (tertiary/aromatic N) is 3. The van der Waals surface area contributed by atoms with Gasteiger partial charge in [-0.1, -0.05) is 15.9 Å². The van der Waals surface area contributed by atoms with Crippen LogP contribution in [0.2, 0.25) is 0 Å². The summed E-state index contributed by atoms with van der Waals surface area (Å²) in [6.45, 7) is 3.79. The van der Waals surface area contributed by atoms with Gasteiger partial charge in [0.1, 0.15) is 5.82 Å². The normalized spacial score (nSPS) is 20.5. The summed E-state index contributed by atoms with van der Waals surface area (Å²) in [5.74, 6) is 0.885. The van der Waals surface area contributed by atoms with Gasteiger partial charge in [0.2, 0.25) is 0 Å². The van der Waals surface area contributed by atoms with Crippen molar-refractivity contribution in [3.63, 3.8) is 0 Å². The molecule has 5 nitrogen and oxygen atoms in total. The molecule has 0 saturated carbocycles. The number of pyridine rings is 1. The number of carboxylic acid groups (broad SMARTS) is 1. The highest BCUT2D eigenvalue weighted by Gasteiger charge is 2.27. The molecule has 1 aromatic rings. The third-order valence-electron chi connectivity index (χ3n) is 2.90. The van der Waals surface area contributed by atoms with Crippen molar-refractivity contribution >= 4 is 27.8 Å². The minimum atomic E-state index is -0.848. The SMILES string of the molecule is C[C@H]1CN(c2cc(Br)ccn2)CCN1C(=O)O. The molecule has 92 valence electrons. The van der Waals surface area contributed by atoms with Crippen molar-refractivity contribution in [2.45, 2.75) is 13.0 Å². The Labute approximate surface area is 108 Å². The average Bonchev–Trinajstić information content (AvgIpc) is 2.28. The number of amides is 1. The summed E-state index contributed by atoms with van der Waals surface area (Å²) in [5.41, 5.74) is 0. The van der Waals surface area contributed by atoms with Crippen molar-refractivity contribution in [2.24, 2.45) is 0 Å². The first-order valence-corrected chi connectivity index (χ1v) is 6.23. The standard InChI is InChI=1S/C11H14BrN3O2/c1-8-7-14(4-5-15(8)11(16)17)10-6-9(12)2-3-13-10/h2-3,6,8H,4-5,7H2,1H3,(H,16,17)/t8-/m0/s1. The maximum atomic E-state index is 10.9. The zero-order valence-electron chi connectivity index (χ0n) is 9.51. The number of hydrogen-bond acceptors (Lipinski definition) is 3. The minimum Gasteiger partial charge on any atom is -0.465 e. The molecule has 0 aromatic carbocycles. The molecule has 1 atom stereocenters. The Hall–Kier alpha value is -1.30. The van der Waals surface area contributed by atoms with Gasteiger partial charge in [0.15, 0.2) is 0 Å². The predicted octanol–water partition coefficient (Wildman–Crippen LogP) is 2.03. The molecular formula is C11H14BrN3O2. The van der Waals surface area contributed by atoms with Crippen LogP contribution in [-0.2, 0) is 0 Å². The van der Waals surface area contributed by atoms with Crippen molar-refractivity contribution in [1.82, 2.24) is 9.88 Å². The number of halogens is 1. The lowest BCUT2D eigenvalue weighted by atomic mass is 10.2. The van der Waals surface area contributed by atoms with E-state index in [0.717, 1.165) is 10.3 Å². The molecule has 17 heavy (non-hydrogen) atoms. The third-order valence-corrected chi connectivity index (χ3v) is 3.40. The molecule has 0 radical (unpaired) electrons. The molecule has 2 heterocycles. The fourth-order valence-electron chi connectivity index (χ4n) is 2.02. The molecule has 1 saturated heterocycles. The van der Waals surface area contributed by atoms with Crippen molar-refractivity contribution < 1.29 is 9.90 Å². The van der Waals surface area contributed by atoms with E-state index in [2.05, 4.69) is 25.8 Å². The van der Waals surface area contributed by atoms with Gasteiger partial charge in [-0.25, -0.2) is 9.78 Å². The molecule has 1 aromatic heterocycles. The van der Waals surface area contributed by atoms with Gasteiger partial charge in [-0.05, 0) is 19.1 Å². The minimum absolute atomic E-state index is 0.0120. The second kappa shape index (κ2) is 4.91. The fraction of sp³-hybridized carbons (Fsp3) is 0.455. The van der Waals surface area contributed by atoms with Crippen LogP contribution in [0.25, 0.3) is 0 Å². The van der Waals surface area contributed by atoms with Crippen LogP contribution in [0.15, 0.2) is 22.8 Å². The Morgan fingerprint density at radius 2 is 2.35 bits per heavy atom. The lowest BCUT2D eigenvalue weighted by molar-refractivity contribution is 0.122. The Bertz CT molecular complexity index is 427. The van der Waals surface area contributed by atoms with Gasteiger partial charge in [-0.2, -0.15) is 0 Å². The number of piperazine rings is 1. The summed E-state index contributed by atoms with van der Waals surface area (Å²) in [7, 11) is 0. The number of aromatic nitrogens is 1. The van der Waals surface area contributed by atoms with Crippen LogP contribution in [0.4, 0.5) is 10.6 Å². The summed E-state index contributed by atoms with van der Waals surface area (Å²) in [4.78, 5) is 18.8. The summed E-state index contributed by atoms with van der Waals surface area (Å²) in [6.07, 6.45) is 0.896. The van der Waals surface area contributed by atoms with Crippen molar-refractivity contribution in [1.29, 1.82) is 0 Å². The third kappa shape index (κ3) is 2.69. The van der Waals surface area contributed by atoms with Gasteiger partial charge in [0.05, 0.1) is 0 Å². The van der Waals surface area contributed by atoms with Gasteiger partial charge in [0.25, 0.3) is 0 Å². The highest BCUT2D eigenvalue weighted by Crippen LogP contribution is 2.20. The maximum absolute atomic E-state index is 10.9. The first kappa shape index (κ1) is 12.2. The molecule has 6 heteroatoms. The van der Waals surface area contributed by atoms with Gasteiger partial charge in [-0.15, -0.1) is 0 Å². The molecule has 0 spiro atoms. The molecular weight excluding hydrogens is 286 g/mol. The number of rotatable bonds is 1. The molecule has 0 unspecified atom stereocenters. The van der Waals surface area contributed by atoms with E-state index in [-0.39, 0.29) is 6.04 Å². The second-order valence-corrected chi connectivity index (χ2v) is 5.02. The molecule has 1 aliphatic rings. The van der Waals surface area contributed by atoms with Gasteiger partial charge in [-0.3, -0.25) is 0 Å². The topological polar surface area (TPSA) is 56.7 Å².